The van der Waals surface area contributed by atoms with Crippen LogP contribution in [0.3, 0.4) is 0 Å². The molecule has 0 spiro atoms. The zero-order valence-electron chi connectivity index (χ0n) is 16.3. The Balaban J connectivity index is 1.70. The lowest BCUT2D eigenvalue weighted by molar-refractivity contribution is 0.104. The lowest BCUT2D eigenvalue weighted by Gasteiger charge is -2.09. The highest BCUT2D eigenvalue weighted by Gasteiger charge is 2.10. The van der Waals surface area contributed by atoms with Crippen molar-refractivity contribution in [2.75, 3.05) is 14.2 Å². The summed E-state index contributed by atoms with van der Waals surface area (Å²) in [6, 6.07) is 19.7. The standard InChI is InChI=1S/C24H22O5/c1-27-19-10-8-18(24(15-19)28-2)9-13-22(25)21-12-11-20(14-23(21)26)29-16-17-6-4-3-5-7-17/h3-15,26H,16H2,1-2H3/b13-9+. The largest absolute Gasteiger partial charge is 0.507 e. The monoisotopic (exact) mass is 390 g/mol. The van der Waals surface area contributed by atoms with Gasteiger partial charge in [0.1, 0.15) is 29.6 Å². The summed E-state index contributed by atoms with van der Waals surface area (Å²) in [6.07, 6.45) is 3.03. The van der Waals surface area contributed by atoms with Gasteiger partial charge in [-0.25, -0.2) is 0 Å². The summed E-state index contributed by atoms with van der Waals surface area (Å²) in [5.41, 5.74) is 1.94. The van der Waals surface area contributed by atoms with Crippen molar-refractivity contribution in [3.05, 3.63) is 89.5 Å². The molecule has 0 amide bonds. The van der Waals surface area contributed by atoms with E-state index < -0.39 is 0 Å². The van der Waals surface area contributed by atoms with E-state index in [-0.39, 0.29) is 17.1 Å². The van der Waals surface area contributed by atoms with E-state index in [4.69, 9.17) is 14.2 Å². The molecule has 0 aliphatic rings. The van der Waals surface area contributed by atoms with Crippen LogP contribution >= 0.6 is 0 Å². The predicted octanol–water partition coefficient (Wildman–Crippen LogP) is 4.88. The molecule has 0 aromatic heterocycles. The van der Waals surface area contributed by atoms with Crippen LogP contribution in [0, 0.1) is 0 Å². The third-order valence-corrected chi connectivity index (χ3v) is 4.34. The van der Waals surface area contributed by atoms with Crippen LogP contribution in [0.15, 0.2) is 72.8 Å². The zero-order chi connectivity index (χ0) is 20.6. The summed E-state index contributed by atoms with van der Waals surface area (Å²) in [5, 5.41) is 10.2. The normalized spacial score (nSPS) is 10.7. The van der Waals surface area contributed by atoms with Crippen molar-refractivity contribution in [1.29, 1.82) is 0 Å². The van der Waals surface area contributed by atoms with Crippen molar-refractivity contribution >= 4 is 11.9 Å². The highest BCUT2D eigenvalue weighted by molar-refractivity contribution is 6.08. The van der Waals surface area contributed by atoms with Gasteiger partial charge in [-0.2, -0.15) is 0 Å². The molecule has 0 aliphatic heterocycles. The number of carbonyl (C=O) groups is 1. The smallest absolute Gasteiger partial charge is 0.189 e. The molecule has 29 heavy (non-hydrogen) atoms. The van der Waals surface area contributed by atoms with E-state index in [1.807, 2.05) is 30.3 Å². The number of allylic oxidation sites excluding steroid dienone is 1. The first-order valence-electron chi connectivity index (χ1n) is 9.05. The molecule has 5 heteroatoms. The molecule has 5 nitrogen and oxygen atoms in total. The Kier molecular flexibility index (Phi) is 6.53. The summed E-state index contributed by atoms with van der Waals surface area (Å²) >= 11 is 0. The van der Waals surface area contributed by atoms with E-state index >= 15 is 0 Å². The second-order valence-corrected chi connectivity index (χ2v) is 6.26. The van der Waals surface area contributed by atoms with Gasteiger partial charge in [0.05, 0.1) is 19.8 Å². The maximum absolute atomic E-state index is 12.5. The minimum Gasteiger partial charge on any atom is -0.507 e. The van der Waals surface area contributed by atoms with Gasteiger partial charge in [0.15, 0.2) is 5.78 Å². The average molecular weight is 390 g/mol. The Morgan fingerprint density at radius 3 is 2.38 bits per heavy atom. The summed E-state index contributed by atoms with van der Waals surface area (Å²) in [5.74, 6) is 1.28. The van der Waals surface area contributed by atoms with Crippen molar-refractivity contribution in [1.82, 2.24) is 0 Å². The highest BCUT2D eigenvalue weighted by Crippen LogP contribution is 2.27. The summed E-state index contributed by atoms with van der Waals surface area (Å²) in [7, 11) is 3.12. The maximum atomic E-state index is 12.5. The molecule has 0 unspecified atom stereocenters. The van der Waals surface area contributed by atoms with Crippen molar-refractivity contribution in [3.63, 3.8) is 0 Å². The van der Waals surface area contributed by atoms with Gasteiger partial charge in [0, 0.05) is 17.7 Å². The van der Waals surface area contributed by atoms with E-state index in [2.05, 4.69) is 0 Å². The number of ether oxygens (including phenoxy) is 3. The lowest BCUT2D eigenvalue weighted by Crippen LogP contribution is -1.98. The number of phenolic OH excluding ortho intramolecular Hbond substituents is 1. The van der Waals surface area contributed by atoms with Crippen LogP contribution < -0.4 is 14.2 Å². The van der Waals surface area contributed by atoms with Gasteiger partial charge >= 0.3 is 0 Å². The van der Waals surface area contributed by atoms with Crippen molar-refractivity contribution in [2.45, 2.75) is 6.61 Å². The Hall–Kier alpha value is -3.73. The number of hydrogen-bond acceptors (Lipinski definition) is 5. The highest BCUT2D eigenvalue weighted by atomic mass is 16.5. The lowest BCUT2D eigenvalue weighted by atomic mass is 10.1. The summed E-state index contributed by atoms with van der Waals surface area (Å²) < 4.78 is 16.2. The first kappa shape index (κ1) is 20.0. The number of carbonyl (C=O) groups excluding carboxylic acids is 1. The van der Waals surface area contributed by atoms with E-state index in [1.165, 1.54) is 12.1 Å². The van der Waals surface area contributed by atoms with Gasteiger partial charge in [-0.1, -0.05) is 30.3 Å². The van der Waals surface area contributed by atoms with Crippen LogP contribution in [-0.2, 0) is 6.61 Å². The van der Waals surface area contributed by atoms with Gasteiger partial charge in [0.2, 0.25) is 0 Å². The Bertz CT molecular complexity index is 1010. The fourth-order valence-electron chi connectivity index (χ4n) is 2.76. The molecule has 0 bridgehead atoms. The molecule has 3 aromatic rings. The Morgan fingerprint density at radius 2 is 1.69 bits per heavy atom. The number of benzene rings is 3. The predicted molar refractivity (Wildman–Crippen MR) is 112 cm³/mol. The molecule has 0 radical (unpaired) electrons. The molecule has 0 aliphatic carbocycles. The average Bonchev–Trinajstić information content (AvgIpc) is 2.76. The van der Waals surface area contributed by atoms with Crippen LogP contribution in [0.4, 0.5) is 0 Å². The number of hydrogen-bond donors (Lipinski definition) is 1. The van der Waals surface area contributed by atoms with Crippen molar-refractivity contribution in [3.8, 4) is 23.0 Å². The van der Waals surface area contributed by atoms with E-state index in [1.54, 1.807) is 50.6 Å². The molecular weight excluding hydrogens is 368 g/mol. The molecule has 0 saturated heterocycles. The molecular formula is C24H22O5. The second kappa shape index (κ2) is 9.46. The van der Waals surface area contributed by atoms with Crippen molar-refractivity contribution in [2.24, 2.45) is 0 Å². The zero-order valence-corrected chi connectivity index (χ0v) is 16.3. The first-order valence-corrected chi connectivity index (χ1v) is 9.05. The minimum atomic E-state index is -0.324. The SMILES string of the molecule is COc1ccc(/C=C/C(=O)c2ccc(OCc3ccccc3)cc2O)c(OC)c1. The molecule has 0 fully saturated rings. The Morgan fingerprint density at radius 1 is 0.931 bits per heavy atom. The van der Waals surface area contributed by atoms with Crippen LogP contribution in [0.25, 0.3) is 6.08 Å². The third-order valence-electron chi connectivity index (χ3n) is 4.34. The van der Waals surface area contributed by atoms with Gasteiger partial charge in [-0.15, -0.1) is 0 Å². The maximum Gasteiger partial charge on any atom is 0.189 e. The van der Waals surface area contributed by atoms with E-state index in [0.717, 1.165) is 11.1 Å². The van der Waals surface area contributed by atoms with Crippen LogP contribution in [0.5, 0.6) is 23.0 Å². The van der Waals surface area contributed by atoms with Gasteiger partial charge in [-0.3, -0.25) is 4.79 Å². The van der Waals surface area contributed by atoms with Gasteiger partial charge in [-0.05, 0) is 42.0 Å². The Labute approximate surface area is 169 Å². The quantitative estimate of drug-likeness (QED) is 0.438. The second-order valence-electron chi connectivity index (χ2n) is 6.26. The molecule has 0 atom stereocenters. The van der Waals surface area contributed by atoms with Gasteiger partial charge in [0.25, 0.3) is 0 Å². The topological polar surface area (TPSA) is 65.0 Å². The molecule has 3 aromatic carbocycles. The number of rotatable bonds is 8. The van der Waals surface area contributed by atoms with E-state index in [0.29, 0.717) is 23.9 Å². The number of phenols is 1. The molecule has 3 rings (SSSR count). The van der Waals surface area contributed by atoms with E-state index in [9.17, 15) is 9.90 Å². The third kappa shape index (κ3) is 5.17. The summed E-state index contributed by atoms with van der Waals surface area (Å²) in [4.78, 5) is 12.5. The summed E-state index contributed by atoms with van der Waals surface area (Å²) in [6.45, 7) is 0.380. The fourth-order valence-corrected chi connectivity index (χ4v) is 2.76. The van der Waals surface area contributed by atoms with Crippen LogP contribution in [0.2, 0.25) is 0 Å². The molecule has 148 valence electrons. The van der Waals surface area contributed by atoms with Crippen LogP contribution in [-0.4, -0.2) is 25.1 Å². The molecule has 0 heterocycles. The first-order chi connectivity index (χ1) is 14.1. The van der Waals surface area contributed by atoms with Crippen LogP contribution in [0.1, 0.15) is 21.5 Å². The molecule has 0 saturated carbocycles. The fraction of sp³-hybridized carbons (Fsp3) is 0.125. The van der Waals surface area contributed by atoms with Crippen molar-refractivity contribution < 1.29 is 24.1 Å². The van der Waals surface area contributed by atoms with Gasteiger partial charge < -0.3 is 19.3 Å². The minimum absolute atomic E-state index is 0.132. The number of ketones is 1. The number of methoxy groups -OCH3 is 2. The molecule has 1 N–H and O–H groups in total. The number of aromatic hydroxyl groups is 1.